The number of amides is 1. The largest absolute Gasteiger partial charge is 0.380 e. The van der Waals surface area contributed by atoms with Crippen LogP contribution in [0.5, 0.6) is 0 Å². The minimum Gasteiger partial charge on any atom is -0.380 e. The molecule has 1 amide bonds. The van der Waals surface area contributed by atoms with E-state index in [1.54, 1.807) is 12.1 Å². The molecule has 1 aromatic carbocycles. The smallest absolute Gasteiger partial charge is 0.239 e. The fourth-order valence-electron chi connectivity index (χ4n) is 3.36. The van der Waals surface area contributed by atoms with E-state index in [0.29, 0.717) is 6.04 Å². The Balaban J connectivity index is 2.07. The number of nitrogens with zero attached hydrogens (tertiary/aromatic N) is 2. The summed E-state index contributed by atoms with van der Waals surface area (Å²) in [4.78, 5) is 16.5. The van der Waals surface area contributed by atoms with E-state index in [-0.39, 0.29) is 11.7 Å². The van der Waals surface area contributed by atoms with E-state index in [1.165, 1.54) is 12.1 Å². The lowest BCUT2D eigenvalue weighted by Crippen LogP contribution is -2.56. The molecule has 0 aromatic heterocycles. The maximum Gasteiger partial charge on any atom is 0.239 e. The lowest BCUT2D eigenvalue weighted by Gasteiger charge is -2.43. The number of hydrogen-bond acceptors (Lipinski definition) is 4. The van der Waals surface area contributed by atoms with Crippen LogP contribution in [0.2, 0.25) is 0 Å². The van der Waals surface area contributed by atoms with Gasteiger partial charge in [-0.2, -0.15) is 0 Å². The third-order valence-corrected chi connectivity index (χ3v) is 4.65. The van der Waals surface area contributed by atoms with Crippen LogP contribution in [0.1, 0.15) is 31.9 Å². The first-order chi connectivity index (χ1) is 11.6. The third kappa shape index (κ3) is 4.75. The number of ether oxygens (including phenoxy) is 1. The number of hydrogen-bond donors (Lipinski definition) is 1. The lowest BCUT2D eigenvalue weighted by molar-refractivity contribution is -0.125. The number of rotatable bonds is 8. The van der Waals surface area contributed by atoms with Gasteiger partial charge < -0.3 is 10.5 Å². The SMILES string of the molecule is CCOCCN1CCN([C@H](C(N)=O)c2ccc(F)cc2)C[C@@H]1CC. The van der Waals surface area contributed by atoms with E-state index >= 15 is 0 Å². The molecule has 1 aromatic rings. The molecule has 1 heterocycles. The second kappa shape index (κ2) is 9.11. The highest BCUT2D eigenvalue weighted by Gasteiger charge is 2.33. The van der Waals surface area contributed by atoms with Gasteiger partial charge >= 0.3 is 0 Å². The molecule has 2 N–H and O–H groups in total. The number of carbonyl (C=O) groups is 1. The second-order valence-corrected chi connectivity index (χ2v) is 6.15. The minimum absolute atomic E-state index is 0.311. The second-order valence-electron chi connectivity index (χ2n) is 6.15. The molecule has 6 heteroatoms. The minimum atomic E-state index is -0.506. The van der Waals surface area contributed by atoms with Crippen molar-refractivity contribution in [2.24, 2.45) is 5.73 Å². The molecule has 5 nitrogen and oxygen atoms in total. The van der Waals surface area contributed by atoms with Crippen molar-refractivity contribution in [2.75, 3.05) is 39.4 Å². The Hall–Kier alpha value is -1.50. The average molecular weight is 337 g/mol. The summed E-state index contributed by atoms with van der Waals surface area (Å²) in [5, 5.41) is 0. The molecule has 1 aliphatic rings. The van der Waals surface area contributed by atoms with Crippen molar-refractivity contribution in [3.8, 4) is 0 Å². The summed E-state index contributed by atoms with van der Waals surface area (Å²) in [6, 6.07) is 5.90. The van der Waals surface area contributed by atoms with Crippen molar-refractivity contribution in [1.29, 1.82) is 0 Å². The Morgan fingerprint density at radius 1 is 1.33 bits per heavy atom. The number of nitrogens with two attached hydrogens (primary N) is 1. The average Bonchev–Trinajstić information content (AvgIpc) is 2.57. The van der Waals surface area contributed by atoms with Crippen molar-refractivity contribution >= 4 is 5.91 Å². The summed E-state index contributed by atoms with van der Waals surface area (Å²) in [7, 11) is 0. The summed E-state index contributed by atoms with van der Waals surface area (Å²) >= 11 is 0. The first-order valence-electron chi connectivity index (χ1n) is 8.67. The standard InChI is InChI=1S/C18H28FN3O2/c1-3-16-13-22(10-9-21(16)11-12-24-4-2)17(18(20)23)14-5-7-15(19)8-6-14/h5-8,16-17H,3-4,9-13H2,1-2H3,(H2,20,23)/t16-,17-/m0/s1. The fourth-order valence-corrected chi connectivity index (χ4v) is 3.36. The topological polar surface area (TPSA) is 58.8 Å². The van der Waals surface area contributed by atoms with Crippen LogP contribution in [0.4, 0.5) is 4.39 Å². The summed E-state index contributed by atoms with van der Waals surface area (Å²) in [6.45, 7) is 8.90. The molecule has 0 unspecified atom stereocenters. The highest BCUT2D eigenvalue weighted by atomic mass is 19.1. The van der Waals surface area contributed by atoms with Gasteiger partial charge in [0, 0.05) is 38.8 Å². The molecule has 1 aliphatic heterocycles. The van der Waals surface area contributed by atoms with E-state index in [0.717, 1.165) is 51.4 Å². The molecular formula is C18H28FN3O2. The Morgan fingerprint density at radius 2 is 2.04 bits per heavy atom. The quantitative estimate of drug-likeness (QED) is 0.735. The summed E-state index contributed by atoms with van der Waals surface area (Å²) in [6.07, 6.45) is 0.998. The molecule has 0 radical (unpaired) electrons. The summed E-state index contributed by atoms with van der Waals surface area (Å²) in [5.41, 5.74) is 6.40. The zero-order chi connectivity index (χ0) is 17.5. The number of carbonyl (C=O) groups excluding carboxylic acids is 1. The van der Waals surface area contributed by atoms with Crippen molar-refractivity contribution in [1.82, 2.24) is 9.80 Å². The third-order valence-electron chi connectivity index (χ3n) is 4.65. The van der Waals surface area contributed by atoms with Gasteiger partial charge in [0.25, 0.3) is 0 Å². The van der Waals surface area contributed by atoms with Crippen molar-refractivity contribution < 1.29 is 13.9 Å². The van der Waals surface area contributed by atoms with Crippen LogP contribution < -0.4 is 5.73 Å². The maximum atomic E-state index is 13.2. The van der Waals surface area contributed by atoms with Gasteiger partial charge in [-0.3, -0.25) is 14.6 Å². The van der Waals surface area contributed by atoms with Crippen molar-refractivity contribution in [3.05, 3.63) is 35.6 Å². The highest BCUT2D eigenvalue weighted by Crippen LogP contribution is 2.25. The zero-order valence-corrected chi connectivity index (χ0v) is 14.6. The molecule has 0 saturated carbocycles. The molecule has 134 valence electrons. The van der Waals surface area contributed by atoms with E-state index in [4.69, 9.17) is 10.5 Å². The van der Waals surface area contributed by atoms with E-state index in [1.807, 2.05) is 6.92 Å². The Labute approximate surface area is 143 Å². The number of benzene rings is 1. The van der Waals surface area contributed by atoms with Gasteiger partial charge in [0.1, 0.15) is 11.9 Å². The van der Waals surface area contributed by atoms with Gasteiger partial charge in [-0.1, -0.05) is 19.1 Å². The van der Waals surface area contributed by atoms with Crippen LogP contribution in [-0.4, -0.2) is 61.1 Å². The van der Waals surface area contributed by atoms with Crippen LogP contribution in [-0.2, 0) is 9.53 Å². The van der Waals surface area contributed by atoms with Gasteiger partial charge in [-0.05, 0) is 31.0 Å². The van der Waals surface area contributed by atoms with Crippen LogP contribution in [0, 0.1) is 5.82 Å². The summed E-state index contributed by atoms with van der Waals surface area (Å²) in [5.74, 6) is -0.701. The van der Waals surface area contributed by atoms with Crippen LogP contribution in [0.15, 0.2) is 24.3 Å². The number of primary amides is 1. The van der Waals surface area contributed by atoms with Gasteiger partial charge in [0.15, 0.2) is 0 Å². The van der Waals surface area contributed by atoms with Crippen LogP contribution in [0.3, 0.4) is 0 Å². The van der Waals surface area contributed by atoms with Crippen molar-refractivity contribution in [2.45, 2.75) is 32.4 Å². The first kappa shape index (κ1) is 18.8. The van der Waals surface area contributed by atoms with Gasteiger partial charge in [-0.25, -0.2) is 4.39 Å². The maximum absolute atomic E-state index is 13.2. The Morgan fingerprint density at radius 3 is 2.62 bits per heavy atom. The zero-order valence-electron chi connectivity index (χ0n) is 14.6. The molecular weight excluding hydrogens is 309 g/mol. The molecule has 1 saturated heterocycles. The van der Waals surface area contributed by atoms with Crippen molar-refractivity contribution in [3.63, 3.8) is 0 Å². The molecule has 0 bridgehead atoms. The molecule has 24 heavy (non-hydrogen) atoms. The molecule has 2 atom stereocenters. The molecule has 1 fully saturated rings. The fraction of sp³-hybridized carbons (Fsp3) is 0.611. The van der Waals surface area contributed by atoms with Crippen LogP contribution >= 0.6 is 0 Å². The first-order valence-corrected chi connectivity index (χ1v) is 8.67. The van der Waals surface area contributed by atoms with E-state index in [9.17, 15) is 9.18 Å². The predicted molar refractivity (Wildman–Crippen MR) is 92.1 cm³/mol. The molecule has 2 rings (SSSR count). The molecule has 0 aliphatic carbocycles. The lowest BCUT2D eigenvalue weighted by atomic mass is 10.0. The number of piperazine rings is 1. The predicted octanol–water partition coefficient (Wildman–Crippen LogP) is 1.78. The van der Waals surface area contributed by atoms with E-state index in [2.05, 4.69) is 16.7 Å². The van der Waals surface area contributed by atoms with Gasteiger partial charge in [0.2, 0.25) is 5.91 Å². The van der Waals surface area contributed by atoms with Gasteiger partial charge in [0.05, 0.1) is 6.61 Å². The van der Waals surface area contributed by atoms with Crippen LogP contribution in [0.25, 0.3) is 0 Å². The Bertz CT molecular complexity index is 524. The van der Waals surface area contributed by atoms with Gasteiger partial charge in [-0.15, -0.1) is 0 Å². The Kier molecular flexibility index (Phi) is 7.15. The summed E-state index contributed by atoms with van der Waals surface area (Å²) < 4.78 is 18.6. The highest BCUT2D eigenvalue weighted by molar-refractivity contribution is 5.81. The van der Waals surface area contributed by atoms with E-state index < -0.39 is 6.04 Å². The molecule has 0 spiro atoms. The normalized spacial score (nSPS) is 20.9. The monoisotopic (exact) mass is 337 g/mol. The number of halogens is 1.